The quantitative estimate of drug-likeness (QED) is 0.348. The first-order valence-electron chi connectivity index (χ1n) is 11.6. The standard InChI is InChI=1S/C24H24F5N3O6S/c1-22(34,13-33)21-31-30-20(38-21)11-17-6-2-14-10-15(23(35,12-25)24(27,28)29)3-9-19(14)32(17)39(36,37)18-7-4-16(26)5-8-18/h3-5,7-10,17,33-35H,2,6,11-13H2,1H3/t17-,22?,23?/m0/s1. The van der Waals surface area contributed by atoms with Gasteiger partial charge in [0.25, 0.3) is 10.0 Å². The van der Waals surface area contributed by atoms with Crippen molar-refractivity contribution in [2.45, 2.75) is 54.5 Å². The van der Waals surface area contributed by atoms with Crippen molar-refractivity contribution in [2.24, 2.45) is 0 Å². The molecule has 0 fully saturated rings. The summed E-state index contributed by atoms with van der Waals surface area (Å²) in [5.74, 6) is -1.10. The summed E-state index contributed by atoms with van der Waals surface area (Å²) in [6.07, 6.45) is -5.45. The molecule has 0 spiro atoms. The number of alkyl halides is 4. The van der Waals surface area contributed by atoms with Gasteiger partial charge in [-0.2, -0.15) is 13.2 Å². The fraction of sp³-hybridized carbons (Fsp3) is 0.417. The lowest BCUT2D eigenvalue weighted by atomic mass is 9.88. The molecule has 15 heteroatoms. The highest BCUT2D eigenvalue weighted by molar-refractivity contribution is 7.92. The summed E-state index contributed by atoms with van der Waals surface area (Å²) in [6.45, 7) is -1.65. The van der Waals surface area contributed by atoms with Crippen LogP contribution in [0.1, 0.15) is 36.3 Å². The molecule has 1 aromatic heterocycles. The van der Waals surface area contributed by atoms with E-state index in [9.17, 15) is 45.7 Å². The van der Waals surface area contributed by atoms with E-state index in [-0.39, 0.29) is 47.2 Å². The zero-order valence-electron chi connectivity index (χ0n) is 20.4. The second-order valence-corrected chi connectivity index (χ2v) is 11.2. The lowest BCUT2D eigenvalue weighted by Gasteiger charge is -2.38. The number of hydrogen-bond donors (Lipinski definition) is 3. The van der Waals surface area contributed by atoms with E-state index in [1.54, 1.807) is 0 Å². The largest absolute Gasteiger partial charge is 0.424 e. The summed E-state index contributed by atoms with van der Waals surface area (Å²) in [6, 6.07) is 5.75. The third-order valence-electron chi connectivity index (χ3n) is 6.55. The van der Waals surface area contributed by atoms with Crippen LogP contribution >= 0.6 is 0 Å². The second-order valence-electron chi connectivity index (χ2n) is 9.42. The number of aliphatic hydroxyl groups is 3. The van der Waals surface area contributed by atoms with Crippen molar-refractivity contribution in [3.8, 4) is 0 Å². The van der Waals surface area contributed by atoms with Crippen molar-refractivity contribution in [3.05, 3.63) is 71.2 Å². The highest BCUT2D eigenvalue weighted by Crippen LogP contribution is 2.43. The van der Waals surface area contributed by atoms with Gasteiger partial charge in [0.2, 0.25) is 17.4 Å². The third-order valence-corrected chi connectivity index (χ3v) is 8.43. The molecule has 0 bridgehead atoms. The normalized spacial score (nSPS) is 19.3. The van der Waals surface area contributed by atoms with E-state index in [0.717, 1.165) is 46.8 Å². The molecule has 2 aromatic carbocycles. The number of benzene rings is 2. The van der Waals surface area contributed by atoms with Gasteiger partial charge >= 0.3 is 6.18 Å². The molecule has 0 radical (unpaired) electrons. The predicted molar refractivity (Wildman–Crippen MR) is 125 cm³/mol. The average Bonchev–Trinajstić information content (AvgIpc) is 3.36. The van der Waals surface area contributed by atoms with Gasteiger partial charge in [0, 0.05) is 6.42 Å². The number of aryl methyl sites for hydroxylation is 1. The van der Waals surface area contributed by atoms with Crippen LogP contribution < -0.4 is 4.31 Å². The molecule has 39 heavy (non-hydrogen) atoms. The molecule has 0 aliphatic carbocycles. The Hall–Kier alpha value is -3.14. The van der Waals surface area contributed by atoms with Gasteiger partial charge in [0.05, 0.1) is 23.2 Å². The number of aliphatic hydroxyl groups excluding tert-OH is 1. The molecule has 3 atom stereocenters. The summed E-state index contributed by atoms with van der Waals surface area (Å²) in [5.41, 5.74) is -6.37. The molecule has 3 N–H and O–H groups in total. The Morgan fingerprint density at radius 3 is 2.36 bits per heavy atom. The summed E-state index contributed by atoms with van der Waals surface area (Å²) in [4.78, 5) is -0.309. The molecular weight excluding hydrogens is 553 g/mol. The van der Waals surface area contributed by atoms with Gasteiger partial charge in [-0.15, -0.1) is 10.2 Å². The number of rotatable bonds is 8. The lowest BCUT2D eigenvalue weighted by Crippen LogP contribution is -2.46. The second kappa shape index (κ2) is 10.1. The van der Waals surface area contributed by atoms with Gasteiger partial charge in [-0.3, -0.25) is 4.31 Å². The Morgan fingerprint density at radius 2 is 1.77 bits per heavy atom. The zero-order chi connectivity index (χ0) is 28.8. The highest BCUT2D eigenvalue weighted by Gasteiger charge is 2.55. The zero-order valence-corrected chi connectivity index (χ0v) is 21.2. The molecule has 1 aliphatic rings. The van der Waals surface area contributed by atoms with Crippen molar-refractivity contribution in [3.63, 3.8) is 0 Å². The van der Waals surface area contributed by atoms with E-state index in [0.29, 0.717) is 0 Å². The molecule has 0 amide bonds. The van der Waals surface area contributed by atoms with E-state index in [1.165, 1.54) is 6.92 Å². The summed E-state index contributed by atoms with van der Waals surface area (Å²) in [7, 11) is -4.44. The minimum Gasteiger partial charge on any atom is -0.422 e. The van der Waals surface area contributed by atoms with Crippen molar-refractivity contribution in [2.75, 3.05) is 17.6 Å². The van der Waals surface area contributed by atoms with Gasteiger partial charge in [-0.25, -0.2) is 17.2 Å². The number of anilines is 1. The minimum atomic E-state index is -5.33. The van der Waals surface area contributed by atoms with Crippen LogP contribution in [0.4, 0.5) is 27.6 Å². The van der Waals surface area contributed by atoms with Crippen LogP contribution in [0, 0.1) is 5.82 Å². The SMILES string of the molecule is CC(O)(CO)c1nnc(C[C@@H]2CCc3cc(C(O)(CF)C(F)(F)F)ccc3N2S(=O)(=O)c2ccc(F)cc2)o1. The Morgan fingerprint density at radius 1 is 1.10 bits per heavy atom. The Bertz CT molecular complexity index is 1450. The predicted octanol–water partition coefficient (Wildman–Crippen LogP) is 2.88. The van der Waals surface area contributed by atoms with Crippen molar-refractivity contribution < 1.29 is 50.1 Å². The molecule has 2 unspecified atom stereocenters. The van der Waals surface area contributed by atoms with Crippen molar-refractivity contribution >= 4 is 15.7 Å². The number of halogens is 5. The number of aromatic nitrogens is 2. The van der Waals surface area contributed by atoms with Crippen LogP contribution in [0.5, 0.6) is 0 Å². The van der Waals surface area contributed by atoms with Gasteiger partial charge in [0.1, 0.15) is 12.5 Å². The Labute approximate surface area is 219 Å². The number of nitrogens with zero attached hydrogens (tertiary/aromatic N) is 3. The van der Waals surface area contributed by atoms with E-state index < -0.39 is 58.1 Å². The lowest BCUT2D eigenvalue weighted by molar-refractivity contribution is -0.271. The van der Waals surface area contributed by atoms with Crippen molar-refractivity contribution in [1.82, 2.24) is 10.2 Å². The van der Waals surface area contributed by atoms with Crippen LogP contribution in [-0.2, 0) is 34.1 Å². The molecule has 212 valence electrons. The molecule has 4 rings (SSSR count). The van der Waals surface area contributed by atoms with Crippen LogP contribution in [0.2, 0.25) is 0 Å². The molecule has 3 aromatic rings. The van der Waals surface area contributed by atoms with E-state index in [2.05, 4.69) is 10.2 Å². The molecule has 0 saturated carbocycles. The molecule has 1 aliphatic heterocycles. The number of fused-ring (bicyclic) bond motifs is 1. The van der Waals surface area contributed by atoms with Crippen LogP contribution in [0.15, 0.2) is 51.8 Å². The smallest absolute Gasteiger partial charge is 0.422 e. The minimum absolute atomic E-state index is 0.0328. The van der Waals surface area contributed by atoms with Crippen LogP contribution in [0.3, 0.4) is 0 Å². The van der Waals surface area contributed by atoms with E-state index >= 15 is 0 Å². The number of hydrogen-bond acceptors (Lipinski definition) is 8. The van der Waals surface area contributed by atoms with E-state index in [4.69, 9.17) is 4.42 Å². The van der Waals surface area contributed by atoms with Crippen LogP contribution in [-0.4, -0.2) is 59.4 Å². The van der Waals surface area contributed by atoms with E-state index in [1.807, 2.05) is 0 Å². The maximum Gasteiger partial charge on any atom is 0.424 e. The Kier molecular flexibility index (Phi) is 7.48. The van der Waals surface area contributed by atoms with Gasteiger partial charge in [-0.05, 0) is 61.2 Å². The molecule has 0 saturated heterocycles. The molecular formula is C24H24F5N3O6S. The topological polar surface area (TPSA) is 137 Å². The average molecular weight is 578 g/mol. The summed E-state index contributed by atoms with van der Waals surface area (Å²) < 4.78 is 101. The van der Waals surface area contributed by atoms with Crippen LogP contribution in [0.25, 0.3) is 0 Å². The molecule has 9 nitrogen and oxygen atoms in total. The third kappa shape index (κ3) is 5.23. The summed E-state index contributed by atoms with van der Waals surface area (Å²) >= 11 is 0. The number of sulfonamides is 1. The van der Waals surface area contributed by atoms with Gasteiger partial charge < -0.3 is 19.7 Å². The highest BCUT2D eigenvalue weighted by atomic mass is 32.2. The molecule has 2 heterocycles. The van der Waals surface area contributed by atoms with Crippen molar-refractivity contribution in [1.29, 1.82) is 0 Å². The Balaban J connectivity index is 1.80. The maximum atomic E-state index is 13.7. The first-order valence-corrected chi connectivity index (χ1v) is 13.0. The summed E-state index contributed by atoms with van der Waals surface area (Å²) in [5, 5.41) is 37.0. The van der Waals surface area contributed by atoms with Gasteiger partial charge in [-0.1, -0.05) is 12.1 Å². The fourth-order valence-electron chi connectivity index (χ4n) is 4.26. The van der Waals surface area contributed by atoms with Gasteiger partial charge in [0.15, 0.2) is 5.60 Å². The fourth-order valence-corrected chi connectivity index (χ4v) is 5.98. The first kappa shape index (κ1) is 28.9. The first-order chi connectivity index (χ1) is 18.1. The monoisotopic (exact) mass is 577 g/mol. The maximum absolute atomic E-state index is 13.7.